The number of carbonyl (C=O) groups is 2. The Balaban J connectivity index is 0.960. The number of halogens is 4. The molecular formula is C46H46ClF3N12O4. The average Bonchev–Trinajstić information content (AvgIpc) is 3.87. The van der Waals surface area contributed by atoms with Gasteiger partial charge >= 0.3 is 6.18 Å². The van der Waals surface area contributed by atoms with Gasteiger partial charge in [-0.3, -0.25) is 14.4 Å². The van der Waals surface area contributed by atoms with Crippen LogP contribution in [0.3, 0.4) is 0 Å². The molecule has 16 nitrogen and oxygen atoms in total. The maximum absolute atomic E-state index is 14.9. The number of nitrogens with one attached hydrogen (secondary N) is 1. The van der Waals surface area contributed by atoms with Crippen molar-refractivity contribution in [2.45, 2.75) is 82.0 Å². The lowest BCUT2D eigenvalue weighted by Crippen LogP contribution is -2.47. The van der Waals surface area contributed by atoms with E-state index in [1.54, 1.807) is 27.9 Å². The highest BCUT2D eigenvalue weighted by Gasteiger charge is 2.49. The zero-order chi connectivity index (χ0) is 45.7. The molecule has 1 spiro atoms. The standard InChI is InChI=1S/C46H46ClF3N12O4/c1-28-24-45(13-21-59(22-14-45)42(65)36-38(66-26-29-7-3-2-4-8-29)40(54-27-53-36)58-17-6-18-58)35-37(28)61(25-34(63)55-33-10-9-31(23-32(33)47)46(48,49)50)44-56-43(57-62(44)41(35)64)60-19-11-30(12-20-60)39-51-15-5-16-52-39/h2-5,7-10,15-16,23,27-28,30H,6,11-14,17-22,24-26H2,1H3,(H,55,63). The molecule has 342 valence electrons. The van der Waals surface area contributed by atoms with Crippen molar-refractivity contribution >= 4 is 46.6 Å². The molecule has 4 aromatic heterocycles. The van der Waals surface area contributed by atoms with Crippen molar-refractivity contribution in [3.63, 3.8) is 0 Å². The van der Waals surface area contributed by atoms with E-state index in [1.807, 2.05) is 42.2 Å². The zero-order valence-electron chi connectivity index (χ0n) is 36.0. The maximum Gasteiger partial charge on any atom is 0.416 e. The molecule has 2 amide bonds. The Morgan fingerprint density at radius 1 is 0.924 bits per heavy atom. The largest absolute Gasteiger partial charge is 0.483 e. The highest BCUT2D eigenvalue weighted by molar-refractivity contribution is 6.33. The van der Waals surface area contributed by atoms with Crippen LogP contribution in [0.15, 0.2) is 78.1 Å². The van der Waals surface area contributed by atoms with Gasteiger partial charge in [0.2, 0.25) is 17.6 Å². The van der Waals surface area contributed by atoms with Crippen LogP contribution in [0.4, 0.5) is 30.6 Å². The average molecular weight is 923 g/mol. The predicted octanol–water partition coefficient (Wildman–Crippen LogP) is 6.64. The Bertz CT molecular complexity index is 2860. The lowest BCUT2D eigenvalue weighted by atomic mass is 9.73. The van der Waals surface area contributed by atoms with Gasteiger partial charge in [0, 0.05) is 74.3 Å². The molecular weight excluding hydrogens is 877 g/mol. The van der Waals surface area contributed by atoms with Crippen LogP contribution >= 0.6 is 11.6 Å². The lowest BCUT2D eigenvalue weighted by Gasteiger charge is -2.40. The van der Waals surface area contributed by atoms with E-state index in [0.29, 0.717) is 74.2 Å². The van der Waals surface area contributed by atoms with Crippen LogP contribution in [0.2, 0.25) is 5.02 Å². The molecule has 1 aliphatic carbocycles. The molecule has 2 aromatic carbocycles. The van der Waals surface area contributed by atoms with Gasteiger partial charge in [0.25, 0.3) is 11.5 Å². The van der Waals surface area contributed by atoms with Crippen molar-refractivity contribution in [2.24, 2.45) is 0 Å². The van der Waals surface area contributed by atoms with Crippen molar-refractivity contribution in [2.75, 3.05) is 54.4 Å². The molecule has 10 rings (SSSR count). The summed E-state index contributed by atoms with van der Waals surface area (Å²) in [7, 11) is 0. The third-order valence-corrected chi connectivity index (χ3v) is 13.8. The number of piperidine rings is 2. The molecule has 6 aromatic rings. The molecule has 7 heterocycles. The molecule has 20 heteroatoms. The topological polar surface area (TPSA) is 169 Å². The second kappa shape index (κ2) is 17.3. The van der Waals surface area contributed by atoms with Gasteiger partial charge in [-0.05, 0) is 74.3 Å². The fourth-order valence-corrected chi connectivity index (χ4v) is 10.2. The number of fused-ring (bicyclic) bond motifs is 3. The number of amides is 2. The summed E-state index contributed by atoms with van der Waals surface area (Å²) in [6.07, 6.45) is 4.18. The van der Waals surface area contributed by atoms with E-state index >= 15 is 0 Å². The van der Waals surface area contributed by atoms with E-state index in [0.717, 1.165) is 61.9 Å². The minimum Gasteiger partial charge on any atom is -0.483 e. The number of anilines is 3. The minimum atomic E-state index is -4.62. The van der Waals surface area contributed by atoms with Crippen molar-refractivity contribution in [3.8, 4) is 5.75 Å². The number of likely N-dealkylation sites (tertiary alicyclic amines) is 1. The first-order valence-corrected chi connectivity index (χ1v) is 22.5. The van der Waals surface area contributed by atoms with Gasteiger partial charge in [-0.1, -0.05) is 48.9 Å². The van der Waals surface area contributed by atoms with Gasteiger partial charge < -0.3 is 29.3 Å². The molecule has 3 saturated heterocycles. The number of alkyl halides is 3. The first-order valence-electron chi connectivity index (χ1n) is 22.2. The van der Waals surface area contributed by atoms with E-state index in [9.17, 15) is 27.6 Å². The highest BCUT2D eigenvalue weighted by atomic mass is 35.5. The Hall–Kier alpha value is -6.63. The first-order chi connectivity index (χ1) is 31.9. The van der Waals surface area contributed by atoms with E-state index in [4.69, 9.17) is 26.4 Å². The molecule has 0 radical (unpaired) electrons. The van der Waals surface area contributed by atoms with Crippen LogP contribution in [0.5, 0.6) is 5.75 Å². The second-order valence-corrected chi connectivity index (χ2v) is 18.0. The van der Waals surface area contributed by atoms with Crippen molar-refractivity contribution in [1.82, 2.24) is 44.0 Å². The molecule has 3 fully saturated rings. The van der Waals surface area contributed by atoms with E-state index < -0.39 is 23.1 Å². The van der Waals surface area contributed by atoms with Gasteiger partial charge in [-0.2, -0.15) is 22.7 Å². The Morgan fingerprint density at radius 3 is 2.35 bits per heavy atom. The van der Waals surface area contributed by atoms with Gasteiger partial charge in [-0.15, -0.1) is 5.10 Å². The molecule has 3 aliphatic heterocycles. The summed E-state index contributed by atoms with van der Waals surface area (Å²) >= 11 is 6.26. The van der Waals surface area contributed by atoms with Crippen LogP contribution < -0.4 is 25.4 Å². The number of nitrogens with zero attached hydrogens (tertiary/aromatic N) is 11. The normalized spacial score (nSPS) is 18.4. The summed E-state index contributed by atoms with van der Waals surface area (Å²) in [5.74, 6) is 1.24. The SMILES string of the molecule is CC1CC2(CCN(C(=O)c3ncnc(N4CCC4)c3OCc3ccccc3)CC2)c2c1n(CC(=O)Nc1ccc(C(F)(F)F)cc1Cl)c1nc(N3CCC(c4ncccn4)CC3)nn1c2=O. The number of rotatable bonds is 10. The fraction of sp³-hybridized carbons (Fsp3) is 0.413. The van der Waals surface area contributed by atoms with Crippen molar-refractivity contribution < 1.29 is 27.5 Å². The molecule has 66 heavy (non-hydrogen) atoms. The van der Waals surface area contributed by atoms with Crippen LogP contribution in [0.25, 0.3) is 5.78 Å². The molecule has 4 aliphatic rings. The summed E-state index contributed by atoms with van der Waals surface area (Å²) < 4.78 is 49.6. The van der Waals surface area contributed by atoms with Crippen LogP contribution in [0, 0.1) is 0 Å². The third kappa shape index (κ3) is 8.06. The maximum atomic E-state index is 14.9. The predicted molar refractivity (Wildman–Crippen MR) is 238 cm³/mol. The number of hydrogen-bond donors (Lipinski definition) is 1. The summed E-state index contributed by atoms with van der Waals surface area (Å²) in [4.78, 5) is 72.0. The number of aromatic nitrogens is 8. The van der Waals surface area contributed by atoms with Gasteiger partial charge in [0.1, 0.15) is 25.3 Å². The van der Waals surface area contributed by atoms with Crippen LogP contribution in [-0.4, -0.2) is 95.1 Å². The Kier molecular flexibility index (Phi) is 11.3. The minimum absolute atomic E-state index is 0.00617. The van der Waals surface area contributed by atoms with Crippen molar-refractivity contribution in [3.05, 3.63) is 123 Å². The lowest BCUT2D eigenvalue weighted by molar-refractivity contribution is -0.137. The number of hydrogen-bond acceptors (Lipinski definition) is 12. The number of ether oxygens (including phenoxy) is 1. The number of benzene rings is 2. The van der Waals surface area contributed by atoms with Gasteiger partial charge in [-0.25, -0.2) is 19.9 Å². The fourth-order valence-electron chi connectivity index (χ4n) is 10.0. The highest BCUT2D eigenvalue weighted by Crippen LogP contribution is 2.51. The quantitative estimate of drug-likeness (QED) is 0.156. The molecule has 1 N–H and O–H groups in total. The first kappa shape index (κ1) is 43.3. The second-order valence-electron chi connectivity index (χ2n) is 17.6. The summed E-state index contributed by atoms with van der Waals surface area (Å²) in [6, 6.07) is 14.2. The molecule has 0 bridgehead atoms. The Labute approximate surface area is 381 Å². The van der Waals surface area contributed by atoms with Crippen LogP contribution in [-0.2, 0) is 29.5 Å². The Morgan fingerprint density at radius 2 is 1.67 bits per heavy atom. The molecule has 0 saturated carbocycles. The smallest absolute Gasteiger partial charge is 0.416 e. The summed E-state index contributed by atoms with van der Waals surface area (Å²) in [6.45, 7) is 5.28. The van der Waals surface area contributed by atoms with E-state index in [1.165, 1.54) is 10.8 Å². The summed E-state index contributed by atoms with van der Waals surface area (Å²) in [5.41, 5.74) is 0.304. The third-order valence-electron chi connectivity index (χ3n) is 13.4. The van der Waals surface area contributed by atoms with E-state index in [2.05, 4.69) is 30.2 Å². The number of carbonyl (C=O) groups excluding carboxylic acids is 2. The van der Waals surface area contributed by atoms with E-state index in [-0.39, 0.29) is 58.6 Å². The van der Waals surface area contributed by atoms with Crippen LogP contribution in [0.1, 0.15) is 96.0 Å². The van der Waals surface area contributed by atoms with Gasteiger partial charge in [0.15, 0.2) is 17.3 Å². The zero-order valence-corrected chi connectivity index (χ0v) is 36.8. The van der Waals surface area contributed by atoms with Gasteiger partial charge in [0.05, 0.1) is 16.3 Å². The summed E-state index contributed by atoms with van der Waals surface area (Å²) in [5, 5.41) is 7.19. The molecule has 1 unspecified atom stereocenters. The molecule has 1 atom stereocenters. The monoisotopic (exact) mass is 922 g/mol. The van der Waals surface area contributed by atoms with Crippen molar-refractivity contribution in [1.29, 1.82) is 0 Å².